The molecule has 3 fully saturated rings. The standard InChI is InChI=1S/C14H20N2O/c17-8-14-5-1-2-9(11(14)7-14)6-10-12-3-4-13(10)16-15-12/h6,9,11-13,17H,1-5,7-8H2. The van der Waals surface area contributed by atoms with Gasteiger partial charge in [0.05, 0.1) is 12.1 Å². The van der Waals surface area contributed by atoms with Gasteiger partial charge < -0.3 is 5.11 Å². The molecule has 17 heavy (non-hydrogen) atoms. The van der Waals surface area contributed by atoms with Crippen molar-refractivity contribution >= 4 is 0 Å². The number of fused-ring (bicyclic) bond motifs is 3. The van der Waals surface area contributed by atoms with E-state index >= 15 is 0 Å². The molecule has 0 amide bonds. The summed E-state index contributed by atoms with van der Waals surface area (Å²) in [6.07, 6.45) is 10.0. The summed E-state index contributed by atoms with van der Waals surface area (Å²) in [7, 11) is 0. The predicted octanol–water partition coefficient (Wildman–Crippen LogP) is 2.71. The lowest BCUT2D eigenvalue weighted by molar-refractivity contribution is 0.157. The van der Waals surface area contributed by atoms with E-state index in [4.69, 9.17) is 0 Å². The summed E-state index contributed by atoms with van der Waals surface area (Å²) < 4.78 is 0. The Labute approximate surface area is 102 Å². The maximum atomic E-state index is 9.53. The predicted molar refractivity (Wildman–Crippen MR) is 64.7 cm³/mol. The quantitative estimate of drug-likeness (QED) is 0.731. The van der Waals surface area contributed by atoms with Gasteiger partial charge in [-0.1, -0.05) is 12.5 Å². The summed E-state index contributed by atoms with van der Waals surface area (Å²) in [5.41, 5.74) is 1.82. The Morgan fingerprint density at radius 2 is 2.00 bits per heavy atom. The normalized spacial score (nSPS) is 50.5. The molecule has 3 aliphatic carbocycles. The van der Waals surface area contributed by atoms with Crippen LogP contribution in [0.3, 0.4) is 0 Å². The molecule has 2 bridgehead atoms. The van der Waals surface area contributed by atoms with Gasteiger partial charge in [-0.05, 0) is 54.9 Å². The fourth-order valence-electron chi connectivity index (χ4n) is 4.37. The smallest absolute Gasteiger partial charge is 0.0940 e. The van der Waals surface area contributed by atoms with Gasteiger partial charge in [-0.15, -0.1) is 0 Å². The van der Waals surface area contributed by atoms with E-state index < -0.39 is 0 Å². The molecule has 0 spiro atoms. The number of aliphatic hydroxyl groups excluding tert-OH is 1. The zero-order chi connectivity index (χ0) is 11.5. The minimum Gasteiger partial charge on any atom is -0.396 e. The van der Waals surface area contributed by atoms with Gasteiger partial charge in [-0.2, -0.15) is 10.2 Å². The van der Waals surface area contributed by atoms with Gasteiger partial charge in [-0.25, -0.2) is 0 Å². The first-order chi connectivity index (χ1) is 8.32. The van der Waals surface area contributed by atoms with E-state index in [0.717, 1.165) is 5.92 Å². The van der Waals surface area contributed by atoms with Gasteiger partial charge >= 0.3 is 0 Å². The molecule has 0 aromatic heterocycles. The fraction of sp³-hybridized carbons (Fsp3) is 0.857. The molecule has 4 aliphatic rings. The van der Waals surface area contributed by atoms with Crippen LogP contribution >= 0.6 is 0 Å². The van der Waals surface area contributed by atoms with Crippen molar-refractivity contribution in [2.24, 2.45) is 27.5 Å². The Balaban J connectivity index is 1.55. The zero-order valence-electron chi connectivity index (χ0n) is 10.2. The van der Waals surface area contributed by atoms with Crippen LogP contribution in [0.2, 0.25) is 0 Å². The van der Waals surface area contributed by atoms with Crippen LogP contribution in [0.1, 0.15) is 38.5 Å². The molecule has 0 aromatic carbocycles. The third kappa shape index (κ3) is 1.38. The van der Waals surface area contributed by atoms with E-state index in [1.807, 2.05) is 0 Å². The molecular formula is C14H20N2O. The van der Waals surface area contributed by atoms with Crippen molar-refractivity contribution in [1.29, 1.82) is 0 Å². The summed E-state index contributed by atoms with van der Waals surface area (Å²) in [4.78, 5) is 0. The highest BCUT2D eigenvalue weighted by molar-refractivity contribution is 5.28. The average molecular weight is 232 g/mol. The summed E-state index contributed by atoms with van der Waals surface area (Å²) >= 11 is 0. The SMILES string of the molecule is OCC12CCCC(C=C3C4CCC3N=N4)C1C2. The third-order valence-electron chi connectivity index (χ3n) is 5.53. The number of allylic oxidation sites excluding steroid dienone is 1. The molecule has 3 heteroatoms. The average Bonchev–Trinajstić information content (AvgIpc) is 2.89. The first-order valence-corrected chi connectivity index (χ1v) is 7.05. The molecular weight excluding hydrogens is 212 g/mol. The van der Waals surface area contributed by atoms with E-state index in [0.29, 0.717) is 30.0 Å². The molecule has 0 saturated heterocycles. The topological polar surface area (TPSA) is 45.0 Å². The molecule has 3 nitrogen and oxygen atoms in total. The maximum absolute atomic E-state index is 9.53. The molecule has 5 atom stereocenters. The summed E-state index contributed by atoms with van der Waals surface area (Å²) in [5, 5.41) is 18.2. The lowest BCUT2D eigenvalue weighted by Gasteiger charge is -2.25. The van der Waals surface area contributed by atoms with Crippen LogP contribution in [0.25, 0.3) is 0 Å². The minimum absolute atomic E-state index is 0.311. The van der Waals surface area contributed by atoms with Crippen molar-refractivity contribution in [2.75, 3.05) is 6.61 Å². The van der Waals surface area contributed by atoms with Crippen LogP contribution in [0.15, 0.2) is 21.9 Å². The lowest BCUT2D eigenvalue weighted by atomic mass is 9.80. The van der Waals surface area contributed by atoms with Gasteiger partial charge in [0.25, 0.3) is 0 Å². The van der Waals surface area contributed by atoms with E-state index in [1.54, 1.807) is 0 Å². The number of hydrogen-bond acceptors (Lipinski definition) is 3. The molecule has 0 radical (unpaired) electrons. The highest BCUT2D eigenvalue weighted by atomic mass is 16.3. The Kier molecular flexibility index (Phi) is 2.05. The van der Waals surface area contributed by atoms with Crippen LogP contribution < -0.4 is 0 Å². The number of rotatable bonds is 2. The third-order valence-corrected chi connectivity index (χ3v) is 5.53. The van der Waals surface area contributed by atoms with Crippen LogP contribution in [0.5, 0.6) is 0 Å². The maximum Gasteiger partial charge on any atom is 0.0940 e. The fourth-order valence-corrected chi connectivity index (χ4v) is 4.37. The number of nitrogens with zero attached hydrogens (tertiary/aromatic N) is 2. The Bertz CT molecular complexity index is 387. The number of hydrogen-bond donors (Lipinski definition) is 1. The van der Waals surface area contributed by atoms with Crippen molar-refractivity contribution < 1.29 is 5.11 Å². The second-order valence-corrected chi connectivity index (χ2v) is 6.39. The lowest BCUT2D eigenvalue weighted by Crippen LogP contribution is -2.20. The minimum atomic E-state index is 0.311. The highest BCUT2D eigenvalue weighted by Crippen LogP contribution is 2.64. The number of azo groups is 1. The molecule has 92 valence electrons. The van der Waals surface area contributed by atoms with Gasteiger partial charge in [0.15, 0.2) is 0 Å². The highest BCUT2D eigenvalue weighted by Gasteiger charge is 2.58. The zero-order valence-corrected chi connectivity index (χ0v) is 10.2. The Hall–Kier alpha value is -0.700. The summed E-state index contributed by atoms with van der Waals surface area (Å²) in [5.74, 6) is 1.46. The van der Waals surface area contributed by atoms with Gasteiger partial charge in [0.2, 0.25) is 0 Å². The van der Waals surface area contributed by atoms with Crippen molar-refractivity contribution in [2.45, 2.75) is 50.6 Å². The Morgan fingerprint density at radius 1 is 1.24 bits per heavy atom. The van der Waals surface area contributed by atoms with E-state index in [2.05, 4.69) is 16.3 Å². The molecule has 1 aliphatic heterocycles. The second-order valence-electron chi connectivity index (χ2n) is 6.39. The second kappa shape index (κ2) is 3.41. The molecule has 1 heterocycles. The van der Waals surface area contributed by atoms with E-state index in [1.165, 1.54) is 44.1 Å². The van der Waals surface area contributed by atoms with Crippen molar-refractivity contribution in [3.63, 3.8) is 0 Å². The van der Waals surface area contributed by atoms with Crippen LogP contribution in [-0.2, 0) is 0 Å². The molecule has 4 rings (SSSR count). The van der Waals surface area contributed by atoms with Crippen LogP contribution in [-0.4, -0.2) is 23.8 Å². The van der Waals surface area contributed by atoms with Gasteiger partial charge in [0, 0.05) is 6.61 Å². The molecule has 0 aromatic rings. The number of aliphatic hydroxyl groups is 1. The van der Waals surface area contributed by atoms with Gasteiger partial charge in [-0.3, -0.25) is 0 Å². The molecule has 5 unspecified atom stereocenters. The van der Waals surface area contributed by atoms with Crippen molar-refractivity contribution in [3.8, 4) is 0 Å². The monoisotopic (exact) mass is 232 g/mol. The van der Waals surface area contributed by atoms with Crippen LogP contribution in [0.4, 0.5) is 0 Å². The van der Waals surface area contributed by atoms with Crippen molar-refractivity contribution in [1.82, 2.24) is 0 Å². The van der Waals surface area contributed by atoms with E-state index in [9.17, 15) is 5.11 Å². The first-order valence-electron chi connectivity index (χ1n) is 7.05. The first kappa shape index (κ1) is 10.2. The van der Waals surface area contributed by atoms with Gasteiger partial charge in [0.1, 0.15) is 0 Å². The largest absolute Gasteiger partial charge is 0.396 e. The van der Waals surface area contributed by atoms with E-state index in [-0.39, 0.29) is 0 Å². The molecule has 3 saturated carbocycles. The summed E-state index contributed by atoms with van der Waals surface area (Å²) in [6.45, 7) is 0.402. The van der Waals surface area contributed by atoms with Crippen LogP contribution in [0, 0.1) is 17.3 Å². The summed E-state index contributed by atoms with van der Waals surface area (Å²) in [6, 6.07) is 0.841. The molecule has 1 N–H and O–H groups in total. The van der Waals surface area contributed by atoms with Crippen molar-refractivity contribution in [3.05, 3.63) is 11.6 Å². The Morgan fingerprint density at radius 3 is 2.65 bits per heavy atom.